The standard InChI is InChI=1S/C17H22BrNO3/c1-10(2)15(20)14-13(18)11-8-6-7-9-12(11)19(14)16(21)22-17(3,4)5/h6-10,15,20H,1-5H3. The third-order valence-electron chi connectivity index (χ3n) is 3.33. The van der Waals surface area contributed by atoms with Gasteiger partial charge in [-0.2, -0.15) is 0 Å². The molecule has 0 aliphatic rings. The first-order valence-corrected chi connectivity index (χ1v) is 8.13. The Morgan fingerprint density at radius 1 is 1.27 bits per heavy atom. The summed E-state index contributed by atoms with van der Waals surface area (Å²) in [4.78, 5) is 12.6. The molecule has 0 bridgehead atoms. The maximum atomic E-state index is 12.6. The van der Waals surface area contributed by atoms with Gasteiger partial charge in [0.1, 0.15) is 5.60 Å². The molecule has 0 saturated heterocycles. The molecule has 22 heavy (non-hydrogen) atoms. The average Bonchev–Trinajstić information content (AvgIpc) is 2.70. The van der Waals surface area contributed by atoms with Crippen molar-refractivity contribution in [3.8, 4) is 0 Å². The normalized spacial score (nSPS) is 13.6. The summed E-state index contributed by atoms with van der Waals surface area (Å²) in [7, 11) is 0. The molecule has 0 aliphatic heterocycles. The van der Waals surface area contributed by atoms with Crippen LogP contribution in [0.25, 0.3) is 10.9 Å². The molecule has 1 heterocycles. The minimum absolute atomic E-state index is 0.0261. The molecule has 4 nitrogen and oxygen atoms in total. The first-order chi connectivity index (χ1) is 10.1. The highest BCUT2D eigenvalue weighted by atomic mass is 79.9. The Morgan fingerprint density at radius 3 is 2.41 bits per heavy atom. The predicted octanol–water partition coefficient (Wildman–Crippen LogP) is 4.88. The van der Waals surface area contributed by atoms with E-state index in [-0.39, 0.29) is 5.92 Å². The maximum Gasteiger partial charge on any atom is 0.419 e. The van der Waals surface area contributed by atoms with Gasteiger partial charge in [0.2, 0.25) is 0 Å². The van der Waals surface area contributed by atoms with Crippen LogP contribution in [0.3, 0.4) is 0 Å². The number of carbonyl (C=O) groups excluding carboxylic acids is 1. The summed E-state index contributed by atoms with van der Waals surface area (Å²) < 4.78 is 7.71. The maximum absolute atomic E-state index is 12.6. The molecule has 2 aromatic rings. The number of hydrogen-bond acceptors (Lipinski definition) is 3. The number of para-hydroxylation sites is 1. The summed E-state index contributed by atoms with van der Waals surface area (Å²) in [5.74, 6) is -0.0261. The van der Waals surface area contributed by atoms with Crippen LogP contribution in [-0.2, 0) is 4.74 Å². The Morgan fingerprint density at radius 2 is 1.86 bits per heavy atom. The van der Waals surface area contributed by atoms with Gasteiger partial charge in [-0.05, 0) is 48.7 Å². The van der Waals surface area contributed by atoms with Crippen molar-refractivity contribution in [3.63, 3.8) is 0 Å². The van der Waals surface area contributed by atoms with E-state index in [0.29, 0.717) is 5.69 Å². The monoisotopic (exact) mass is 367 g/mol. The van der Waals surface area contributed by atoms with Crippen molar-refractivity contribution in [3.05, 3.63) is 34.4 Å². The fourth-order valence-electron chi connectivity index (χ4n) is 2.30. The van der Waals surface area contributed by atoms with Gasteiger partial charge in [-0.1, -0.05) is 32.0 Å². The molecule has 1 aromatic heterocycles. The summed E-state index contributed by atoms with van der Waals surface area (Å²) in [5.41, 5.74) is 0.651. The number of benzene rings is 1. The van der Waals surface area contributed by atoms with E-state index >= 15 is 0 Å². The van der Waals surface area contributed by atoms with Crippen LogP contribution < -0.4 is 0 Å². The number of nitrogens with zero attached hydrogens (tertiary/aromatic N) is 1. The van der Waals surface area contributed by atoms with E-state index in [1.54, 1.807) is 0 Å². The van der Waals surface area contributed by atoms with Gasteiger partial charge in [0, 0.05) is 9.86 Å². The Balaban J connectivity index is 2.69. The number of rotatable bonds is 2. The van der Waals surface area contributed by atoms with E-state index < -0.39 is 17.8 Å². The van der Waals surface area contributed by atoms with E-state index in [4.69, 9.17) is 4.74 Å². The number of halogens is 1. The SMILES string of the molecule is CC(C)C(O)c1c(Br)c2ccccc2n1C(=O)OC(C)(C)C. The summed E-state index contributed by atoms with van der Waals surface area (Å²) in [6.07, 6.45) is -1.25. The second-order valence-electron chi connectivity index (χ2n) is 6.72. The van der Waals surface area contributed by atoms with Crippen molar-refractivity contribution in [2.45, 2.75) is 46.3 Å². The van der Waals surface area contributed by atoms with E-state index in [2.05, 4.69) is 15.9 Å². The van der Waals surface area contributed by atoms with E-state index in [1.807, 2.05) is 58.9 Å². The highest BCUT2D eigenvalue weighted by Gasteiger charge is 2.29. The van der Waals surface area contributed by atoms with Gasteiger partial charge >= 0.3 is 6.09 Å². The molecule has 0 amide bonds. The molecule has 0 spiro atoms. The van der Waals surface area contributed by atoms with Gasteiger partial charge in [-0.3, -0.25) is 0 Å². The van der Waals surface area contributed by atoms with Gasteiger partial charge < -0.3 is 9.84 Å². The molecular weight excluding hydrogens is 346 g/mol. The molecule has 2 rings (SSSR count). The first kappa shape index (κ1) is 17.0. The molecule has 120 valence electrons. The molecule has 0 radical (unpaired) electrons. The van der Waals surface area contributed by atoms with E-state index in [0.717, 1.165) is 15.4 Å². The minimum Gasteiger partial charge on any atom is -0.443 e. The molecule has 1 aromatic carbocycles. The lowest BCUT2D eigenvalue weighted by molar-refractivity contribution is 0.0506. The first-order valence-electron chi connectivity index (χ1n) is 7.33. The van der Waals surface area contributed by atoms with Crippen LogP contribution in [0, 0.1) is 5.92 Å². The number of aromatic nitrogens is 1. The molecule has 5 heteroatoms. The van der Waals surface area contributed by atoms with Crippen LogP contribution in [0.15, 0.2) is 28.7 Å². The number of hydrogen-bond donors (Lipinski definition) is 1. The zero-order valence-electron chi connectivity index (χ0n) is 13.6. The van der Waals surface area contributed by atoms with E-state index in [1.165, 1.54) is 4.57 Å². The zero-order chi connectivity index (χ0) is 16.7. The topological polar surface area (TPSA) is 51.5 Å². The lowest BCUT2D eigenvalue weighted by atomic mass is 10.0. The largest absolute Gasteiger partial charge is 0.443 e. The fraction of sp³-hybridized carbons (Fsp3) is 0.471. The predicted molar refractivity (Wildman–Crippen MR) is 91.1 cm³/mol. The average molecular weight is 368 g/mol. The molecule has 1 N–H and O–H groups in total. The van der Waals surface area contributed by atoms with Gasteiger partial charge in [-0.15, -0.1) is 0 Å². The van der Waals surface area contributed by atoms with Crippen molar-refractivity contribution in [1.29, 1.82) is 0 Å². The summed E-state index contributed by atoms with van der Waals surface area (Å²) in [6.45, 7) is 9.29. The van der Waals surface area contributed by atoms with Crippen molar-refractivity contribution in [2.75, 3.05) is 0 Å². The molecular formula is C17H22BrNO3. The number of aliphatic hydroxyl groups excluding tert-OH is 1. The zero-order valence-corrected chi connectivity index (χ0v) is 15.1. The Hall–Kier alpha value is -1.33. The molecule has 0 aliphatic carbocycles. The Kier molecular flexibility index (Phi) is 4.68. The molecule has 1 unspecified atom stereocenters. The molecule has 1 atom stereocenters. The minimum atomic E-state index is -0.769. The number of ether oxygens (including phenoxy) is 1. The fourth-order valence-corrected chi connectivity index (χ4v) is 3.05. The van der Waals surface area contributed by atoms with Crippen molar-refractivity contribution < 1.29 is 14.6 Å². The molecule has 0 saturated carbocycles. The smallest absolute Gasteiger partial charge is 0.419 e. The van der Waals surface area contributed by atoms with Crippen molar-refractivity contribution >= 4 is 32.9 Å². The quantitative estimate of drug-likeness (QED) is 0.822. The van der Waals surface area contributed by atoms with Gasteiger partial charge in [0.25, 0.3) is 0 Å². The second kappa shape index (κ2) is 6.05. The Labute approximate surface area is 139 Å². The summed E-state index contributed by atoms with van der Waals surface area (Å²) in [5, 5.41) is 11.4. The van der Waals surface area contributed by atoms with Crippen LogP contribution in [-0.4, -0.2) is 21.4 Å². The second-order valence-corrected chi connectivity index (χ2v) is 7.51. The third-order valence-corrected chi connectivity index (χ3v) is 4.17. The lowest BCUT2D eigenvalue weighted by Crippen LogP contribution is -2.29. The highest BCUT2D eigenvalue weighted by Crippen LogP contribution is 2.37. The van der Waals surface area contributed by atoms with E-state index in [9.17, 15) is 9.90 Å². The highest BCUT2D eigenvalue weighted by molar-refractivity contribution is 9.10. The van der Waals surface area contributed by atoms with Crippen LogP contribution in [0.5, 0.6) is 0 Å². The Bertz CT molecular complexity index is 698. The van der Waals surface area contributed by atoms with Gasteiger partial charge in [0.05, 0.1) is 17.3 Å². The van der Waals surface area contributed by atoms with Crippen LogP contribution in [0.4, 0.5) is 4.79 Å². The van der Waals surface area contributed by atoms with Gasteiger partial charge in [-0.25, -0.2) is 9.36 Å². The number of fused-ring (bicyclic) bond motifs is 1. The van der Waals surface area contributed by atoms with Gasteiger partial charge in [0.15, 0.2) is 0 Å². The van der Waals surface area contributed by atoms with Crippen molar-refractivity contribution in [1.82, 2.24) is 4.57 Å². The third kappa shape index (κ3) is 3.20. The number of aliphatic hydroxyl groups is 1. The summed E-state index contributed by atoms with van der Waals surface area (Å²) >= 11 is 3.53. The lowest BCUT2D eigenvalue weighted by Gasteiger charge is -2.23. The molecule has 0 fully saturated rings. The van der Waals surface area contributed by atoms with Crippen LogP contribution in [0.1, 0.15) is 46.4 Å². The summed E-state index contributed by atoms with van der Waals surface area (Å²) in [6, 6.07) is 7.52. The van der Waals surface area contributed by atoms with Crippen molar-refractivity contribution in [2.24, 2.45) is 5.92 Å². The number of carbonyl (C=O) groups is 1. The van der Waals surface area contributed by atoms with Crippen LogP contribution >= 0.6 is 15.9 Å². The van der Waals surface area contributed by atoms with Crippen LogP contribution in [0.2, 0.25) is 0 Å².